The maximum absolute atomic E-state index is 13.2. The van der Waals surface area contributed by atoms with Crippen LogP contribution in [0.5, 0.6) is 17.2 Å². The summed E-state index contributed by atoms with van der Waals surface area (Å²) in [5.41, 5.74) is -1.30. The van der Waals surface area contributed by atoms with Crippen LogP contribution in [0.2, 0.25) is 0 Å². The number of benzene rings is 2. The maximum atomic E-state index is 13.2. The van der Waals surface area contributed by atoms with E-state index in [1.54, 1.807) is 0 Å². The summed E-state index contributed by atoms with van der Waals surface area (Å²) in [5, 5.41) is 4.74. The summed E-state index contributed by atoms with van der Waals surface area (Å²) in [6.45, 7) is 1.15. The summed E-state index contributed by atoms with van der Waals surface area (Å²) in [7, 11) is 4.18. The minimum atomic E-state index is -4.70. The first-order valence-electron chi connectivity index (χ1n) is 8.20. The molecular formula is C19H19F3N2O5. The number of rotatable bonds is 6. The molecule has 0 aliphatic carbocycles. The summed E-state index contributed by atoms with van der Waals surface area (Å²) in [6.07, 6.45) is -4.70. The Kier molecular flexibility index (Phi) is 6.57. The zero-order valence-corrected chi connectivity index (χ0v) is 16.1. The Morgan fingerprint density at radius 3 is 1.83 bits per heavy atom. The Hall–Kier alpha value is -3.43. The molecule has 0 bridgehead atoms. The zero-order valence-electron chi connectivity index (χ0n) is 16.1. The third kappa shape index (κ3) is 5.31. The van der Waals surface area contributed by atoms with Crippen molar-refractivity contribution >= 4 is 23.2 Å². The van der Waals surface area contributed by atoms with Gasteiger partial charge in [-0.3, -0.25) is 9.59 Å². The molecule has 0 aliphatic heterocycles. The minimum absolute atomic E-state index is 0.151. The van der Waals surface area contributed by atoms with Gasteiger partial charge in [0, 0.05) is 36.0 Å². The number of hydrogen-bond acceptors (Lipinski definition) is 5. The molecule has 10 heteroatoms. The highest BCUT2D eigenvalue weighted by Crippen LogP contribution is 2.40. The summed E-state index contributed by atoms with van der Waals surface area (Å²) in [6, 6.07) is 5.45. The molecule has 2 aromatic rings. The summed E-state index contributed by atoms with van der Waals surface area (Å²) >= 11 is 0. The number of carbonyl (C=O) groups is 2. The molecule has 2 rings (SSSR count). The molecule has 0 saturated heterocycles. The van der Waals surface area contributed by atoms with Crippen LogP contribution >= 0.6 is 0 Å². The van der Waals surface area contributed by atoms with Crippen LogP contribution in [-0.2, 0) is 11.0 Å². The van der Waals surface area contributed by atoms with E-state index in [1.165, 1.54) is 33.5 Å². The van der Waals surface area contributed by atoms with Gasteiger partial charge in [0.2, 0.25) is 11.7 Å². The predicted octanol–water partition coefficient (Wildman–Crippen LogP) is 3.94. The number of methoxy groups -OCH3 is 3. The minimum Gasteiger partial charge on any atom is -0.493 e. The Balaban J connectivity index is 2.43. The lowest BCUT2D eigenvalue weighted by molar-refractivity contribution is -0.137. The zero-order chi connectivity index (χ0) is 21.8. The van der Waals surface area contributed by atoms with E-state index in [0.717, 1.165) is 19.1 Å². The number of anilines is 2. The molecule has 0 atom stereocenters. The van der Waals surface area contributed by atoms with Gasteiger partial charge in [-0.05, 0) is 18.2 Å². The van der Waals surface area contributed by atoms with Crippen molar-refractivity contribution in [3.05, 3.63) is 41.5 Å². The molecule has 0 aliphatic rings. The standard InChI is InChI=1S/C19H19F3N2O5/c1-10(25)23-13-6-11(5-12(7-13)19(20,21)22)18(26)24-14-8-15(27-2)17(29-4)16(9-14)28-3/h5-9H,1-4H3,(H,23,25)(H,24,26). The van der Waals surface area contributed by atoms with Crippen molar-refractivity contribution in [1.82, 2.24) is 0 Å². The van der Waals surface area contributed by atoms with Gasteiger partial charge in [0.25, 0.3) is 5.91 Å². The molecule has 29 heavy (non-hydrogen) atoms. The van der Waals surface area contributed by atoms with Crippen LogP contribution in [0.25, 0.3) is 0 Å². The number of halogens is 3. The first-order chi connectivity index (χ1) is 13.6. The first-order valence-corrected chi connectivity index (χ1v) is 8.20. The van der Waals surface area contributed by atoms with E-state index < -0.39 is 23.6 Å². The van der Waals surface area contributed by atoms with Gasteiger partial charge in [-0.2, -0.15) is 13.2 Å². The van der Waals surface area contributed by atoms with E-state index in [-0.39, 0.29) is 28.4 Å². The van der Waals surface area contributed by atoms with Gasteiger partial charge in [0.15, 0.2) is 11.5 Å². The van der Waals surface area contributed by atoms with E-state index >= 15 is 0 Å². The molecule has 7 nitrogen and oxygen atoms in total. The highest BCUT2D eigenvalue weighted by Gasteiger charge is 2.32. The van der Waals surface area contributed by atoms with Crippen LogP contribution < -0.4 is 24.8 Å². The van der Waals surface area contributed by atoms with Crippen molar-refractivity contribution in [3.8, 4) is 17.2 Å². The fourth-order valence-electron chi connectivity index (χ4n) is 2.55. The van der Waals surface area contributed by atoms with Crippen LogP contribution in [0.4, 0.5) is 24.5 Å². The molecule has 2 amide bonds. The van der Waals surface area contributed by atoms with E-state index in [2.05, 4.69) is 10.6 Å². The van der Waals surface area contributed by atoms with E-state index in [0.29, 0.717) is 11.8 Å². The van der Waals surface area contributed by atoms with Crippen molar-refractivity contribution in [2.75, 3.05) is 32.0 Å². The Morgan fingerprint density at radius 2 is 1.38 bits per heavy atom. The fourth-order valence-corrected chi connectivity index (χ4v) is 2.55. The van der Waals surface area contributed by atoms with Crippen LogP contribution in [0.15, 0.2) is 30.3 Å². The molecule has 0 radical (unpaired) electrons. The quantitative estimate of drug-likeness (QED) is 0.751. The third-order valence-corrected chi connectivity index (χ3v) is 3.77. The lowest BCUT2D eigenvalue weighted by Gasteiger charge is -2.15. The predicted molar refractivity (Wildman–Crippen MR) is 99.8 cm³/mol. The Bertz CT molecular complexity index is 904. The van der Waals surface area contributed by atoms with Crippen LogP contribution in [0.3, 0.4) is 0 Å². The molecule has 0 fully saturated rings. The monoisotopic (exact) mass is 412 g/mol. The molecule has 0 spiro atoms. The van der Waals surface area contributed by atoms with E-state index in [4.69, 9.17) is 14.2 Å². The molecule has 0 saturated carbocycles. The third-order valence-electron chi connectivity index (χ3n) is 3.77. The second-order valence-corrected chi connectivity index (χ2v) is 5.85. The SMILES string of the molecule is COc1cc(NC(=O)c2cc(NC(C)=O)cc(C(F)(F)F)c2)cc(OC)c1OC. The van der Waals surface area contributed by atoms with Crippen molar-refractivity contribution in [2.45, 2.75) is 13.1 Å². The summed E-state index contributed by atoms with van der Waals surface area (Å²) in [5.74, 6) is -0.590. The summed E-state index contributed by atoms with van der Waals surface area (Å²) < 4.78 is 55.0. The summed E-state index contributed by atoms with van der Waals surface area (Å²) in [4.78, 5) is 23.8. The average Bonchev–Trinajstić information content (AvgIpc) is 2.65. The van der Waals surface area contributed by atoms with Gasteiger partial charge in [-0.15, -0.1) is 0 Å². The number of nitrogens with one attached hydrogen (secondary N) is 2. The highest BCUT2D eigenvalue weighted by atomic mass is 19.4. The molecular weight excluding hydrogens is 393 g/mol. The van der Waals surface area contributed by atoms with Gasteiger partial charge in [0.05, 0.1) is 26.9 Å². The first kappa shape index (κ1) is 21.9. The number of amides is 2. The van der Waals surface area contributed by atoms with Crippen molar-refractivity contribution in [1.29, 1.82) is 0 Å². The number of alkyl halides is 3. The number of hydrogen-bond donors (Lipinski definition) is 2. The van der Waals surface area contributed by atoms with Crippen molar-refractivity contribution < 1.29 is 37.0 Å². The average molecular weight is 412 g/mol. The molecule has 2 N–H and O–H groups in total. The van der Waals surface area contributed by atoms with Gasteiger partial charge in [-0.25, -0.2) is 0 Å². The van der Waals surface area contributed by atoms with Crippen molar-refractivity contribution in [3.63, 3.8) is 0 Å². The largest absolute Gasteiger partial charge is 0.493 e. The lowest BCUT2D eigenvalue weighted by atomic mass is 10.1. The van der Waals surface area contributed by atoms with Gasteiger partial charge < -0.3 is 24.8 Å². The van der Waals surface area contributed by atoms with E-state index in [9.17, 15) is 22.8 Å². The van der Waals surface area contributed by atoms with Crippen LogP contribution in [0.1, 0.15) is 22.8 Å². The Morgan fingerprint density at radius 1 is 0.828 bits per heavy atom. The van der Waals surface area contributed by atoms with Crippen molar-refractivity contribution in [2.24, 2.45) is 0 Å². The smallest absolute Gasteiger partial charge is 0.416 e. The molecule has 2 aromatic carbocycles. The van der Waals surface area contributed by atoms with E-state index in [1.807, 2.05) is 0 Å². The molecule has 0 aromatic heterocycles. The lowest BCUT2D eigenvalue weighted by Crippen LogP contribution is -2.16. The fraction of sp³-hybridized carbons (Fsp3) is 0.263. The van der Waals surface area contributed by atoms with Gasteiger partial charge in [0.1, 0.15) is 0 Å². The number of carbonyl (C=O) groups excluding carboxylic acids is 2. The normalized spacial score (nSPS) is 10.9. The second-order valence-electron chi connectivity index (χ2n) is 5.85. The number of ether oxygens (including phenoxy) is 3. The molecule has 0 unspecified atom stereocenters. The van der Waals surface area contributed by atoms with Gasteiger partial charge >= 0.3 is 6.18 Å². The van der Waals surface area contributed by atoms with Crippen LogP contribution in [-0.4, -0.2) is 33.1 Å². The topological polar surface area (TPSA) is 85.9 Å². The molecule has 0 heterocycles. The maximum Gasteiger partial charge on any atom is 0.416 e. The Labute approximate surface area is 164 Å². The highest BCUT2D eigenvalue weighted by molar-refractivity contribution is 6.05. The van der Waals surface area contributed by atoms with Crippen LogP contribution in [0, 0.1) is 0 Å². The molecule has 156 valence electrons. The van der Waals surface area contributed by atoms with Gasteiger partial charge in [-0.1, -0.05) is 0 Å². The second kappa shape index (κ2) is 8.72.